The Hall–Kier alpha value is -1.98. The number of nitrogens with zero attached hydrogens (tertiary/aromatic N) is 2. The Kier molecular flexibility index (Phi) is 4.55. The van der Waals surface area contributed by atoms with E-state index in [1.165, 1.54) is 0 Å². The number of carbonyl (C=O) groups excluding carboxylic acids is 2. The first-order valence-electron chi connectivity index (χ1n) is 7.32. The van der Waals surface area contributed by atoms with Gasteiger partial charge in [0.2, 0.25) is 0 Å². The van der Waals surface area contributed by atoms with E-state index in [2.05, 4.69) is 31.1 Å². The molecule has 0 radical (unpaired) electrons. The van der Waals surface area contributed by atoms with Crippen LogP contribution >= 0.6 is 0 Å². The Morgan fingerprint density at radius 3 is 2.33 bits per heavy atom. The normalized spacial score (nSPS) is 16.0. The van der Waals surface area contributed by atoms with Crippen LogP contribution in [0.15, 0.2) is 18.3 Å². The molecule has 0 unspecified atom stereocenters. The molecule has 2 N–H and O–H groups in total. The zero-order valence-corrected chi connectivity index (χ0v) is 13.0. The van der Waals surface area contributed by atoms with Crippen molar-refractivity contribution < 1.29 is 9.59 Å². The van der Waals surface area contributed by atoms with Crippen molar-refractivity contribution in [3.8, 4) is 0 Å². The average molecular weight is 292 g/mol. The van der Waals surface area contributed by atoms with Crippen molar-refractivity contribution in [2.75, 3.05) is 32.7 Å². The van der Waals surface area contributed by atoms with Crippen molar-refractivity contribution in [1.29, 1.82) is 0 Å². The number of amides is 3. The molecule has 0 aromatic carbocycles. The summed E-state index contributed by atoms with van der Waals surface area (Å²) in [7, 11) is 0. The zero-order valence-electron chi connectivity index (χ0n) is 13.0. The zero-order chi connectivity index (χ0) is 15.5. The van der Waals surface area contributed by atoms with Crippen molar-refractivity contribution in [1.82, 2.24) is 20.1 Å². The van der Waals surface area contributed by atoms with E-state index in [4.69, 9.17) is 0 Å². The van der Waals surface area contributed by atoms with Crippen LogP contribution in [0.1, 0.15) is 31.3 Å². The molecule has 0 spiro atoms. The molecule has 1 fully saturated rings. The Morgan fingerprint density at radius 2 is 1.81 bits per heavy atom. The van der Waals surface area contributed by atoms with Gasteiger partial charge in [-0.15, -0.1) is 0 Å². The van der Waals surface area contributed by atoms with Gasteiger partial charge in [-0.2, -0.15) is 0 Å². The summed E-state index contributed by atoms with van der Waals surface area (Å²) in [6, 6.07) is 3.53. The van der Waals surface area contributed by atoms with E-state index >= 15 is 0 Å². The van der Waals surface area contributed by atoms with Crippen LogP contribution in [0.4, 0.5) is 4.79 Å². The van der Waals surface area contributed by atoms with E-state index in [0.717, 1.165) is 0 Å². The molecule has 2 rings (SSSR count). The van der Waals surface area contributed by atoms with Crippen molar-refractivity contribution in [3.05, 3.63) is 24.0 Å². The molecule has 1 saturated heterocycles. The summed E-state index contributed by atoms with van der Waals surface area (Å²) in [5.41, 5.74) is 0.668. The molecular weight excluding hydrogens is 268 g/mol. The van der Waals surface area contributed by atoms with E-state index in [9.17, 15) is 9.59 Å². The maximum atomic E-state index is 12.2. The second kappa shape index (κ2) is 6.20. The molecule has 21 heavy (non-hydrogen) atoms. The van der Waals surface area contributed by atoms with Gasteiger partial charge in [0, 0.05) is 38.9 Å². The van der Waals surface area contributed by atoms with Crippen LogP contribution in [0.3, 0.4) is 0 Å². The van der Waals surface area contributed by atoms with Crippen LogP contribution in [-0.2, 0) is 0 Å². The second-order valence-corrected chi connectivity index (χ2v) is 6.58. The highest BCUT2D eigenvalue weighted by Gasteiger charge is 2.25. The number of aromatic amines is 1. The molecule has 2 heterocycles. The number of hydrogen-bond acceptors (Lipinski definition) is 2. The molecule has 1 aliphatic rings. The van der Waals surface area contributed by atoms with E-state index in [-0.39, 0.29) is 17.4 Å². The van der Waals surface area contributed by atoms with Gasteiger partial charge in [-0.25, -0.2) is 4.79 Å². The summed E-state index contributed by atoms with van der Waals surface area (Å²) >= 11 is 0. The first kappa shape index (κ1) is 15.4. The fourth-order valence-electron chi connectivity index (χ4n) is 2.20. The molecule has 1 aromatic rings. The highest BCUT2D eigenvalue weighted by molar-refractivity contribution is 5.92. The molecule has 6 nitrogen and oxygen atoms in total. The Morgan fingerprint density at radius 1 is 1.19 bits per heavy atom. The minimum atomic E-state index is -0.0445. The van der Waals surface area contributed by atoms with E-state index in [1.54, 1.807) is 22.1 Å². The van der Waals surface area contributed by atoms with Crippen molar-refractivity contribution in [2.24, 2.45) is 5.41 Å². The molecule has 6 heteroatoms. The molecular formula is C15H24N4O2. The van der Waals surface area contributed by atoms with E-state index in [0.29, 0.717) is 38.4 Å². The predicted octanol–water partition coefficient (Wildman–Crippen LogP) is 1.53. The molecule has 0 aliphatic carbocycles. The molecule has 0 atom stereocenters. The second-order valence-electron chi connectivity index (χ2n) is 6.58. The molecule has 0 bridgehead atoms. The summed E-state index contributed by atoms with van der Waals surface area (Å²) in [5, 5.41) is 2.94. The Bertz CT molecular complexity index is 482. The minimum absolute atomic E-state index is 0.00486. The summed E-state index contributed by atoms with van der Waals surface area (Å²) in [6.45, 7) is 9.18. The smallest absolute Gasteiger partial charge is 0.317 e. The van der Waals surface area contributed by atoms with Crippen LogP contribution in [0.25, 0.3) is 0 Å². The van der Waals surface area contributed by atoms with Gasteiger partial charge in [0.15, 0.2) is 0 Å². The largest absolute Gasteiger partial charge is 0.357 e. The van der Waals surface area contributed by atoms with E-state index < -0.39 is 0 Å². The van der Waals surface area contributed by atoms with Crippen LogP contribution < -0.4 is 5.32 Å². The molecule has 0 saturated carbocycles. The van der Waals surface area contributed by atoms with Crippen molar-refractivity contribution in [2.45, 2.75) is 20.8 Å². The highest BCUT2D eigenvalue weighted by atomic mass is 16.2. The van der Waals surface area contributed by atoms with Gasteiger partial charge in [0.1, 0.15) is 5.69 Å². The monoisotopic (exact) mass is 292 g/mol. The van der Waals surface area contributed by atoms with Crippen molar-refractivity contribution >= 4 is 11.9 Å². The summed E-state index contributed by atoms with van der Waals surface area (Å²) in [4.78, 5) is 30.7. The molecule has 1 aromatic heterocycles. The molecule has 116 valence electrons. The Balaban J connectivity index is 1.80. The number of urea groups is 1. The topological polar surface area (TPSA) is 68.4 Å². The first-order chi connectivity index (χ1) is 9.87. The van der Waals surface area contributed by atoms with Crippen LogP contribution in [0.2, 0.25) is 0 Å². The number of H-pyrrole nitrogens is 1. The SMILES string of the molecule is CC(C)(C)CNC(=O)N1CCN(C(=O)c2ccc[nH]2)CC1. The highest BCUT2D eigenvalue weighted by Crippen LogP contribution is 2.11. The van der Waals surface area contributed by atoms with Gasteiger partial charge in [-0.05, 0) is 17.5 Å². The first-order valence-corrected chi connectivity index (χ1v) is 7.32. The third-order valence-corrected chi connectivity index (χ3v) is 3.45. The predicted molar refractivity (Wildman–Crippen MR) is 81.1 cm³/mol. The average Bonchev–Trinajstić information content (AvgIpc) is 2.97. The number of carbonyl (C=O) groups is 2. The fourth-order valence-corrected chi connectivity index (χ4v) is 2.20. The van der Waals surface area contributed by atoms with Gasteiger partial charge >= 0.3 is 6.03 Å². The number of rotatable bonds is 2. The van der Waals surface area contributed by atoms with Gasteiger partial charge in [-0.3, -0.25) is 4.79 Å². The summed E-state index contributed by atoms with van der Waals surface area (Å²) < 4.78 is 0. The minimum Gasteiger partial charge on any atom is -0.357 e. The Labute approximate surface area is 125 Å². The quantitative estimate of drug-likeness (QED) is 0.868. The number of piperazine rings is 1. The van der Waals surface area contributed by atoms with Crippen LogP contribution in [0.5, 0.6) is 0 Å². The fraction of sp³-hybridized carbons (Fsp3) is 0.600. The summed E-state index contributed by atoms with van der Waals surface area (Å²) in [5.74, 6) is -0.00486. The lowest BCUT2D eigenvalue weighted by Crippen LogP contribution is -2.53. The lowest BCUT2D eigenvalue weighted by Gasteiger charge is -2.35. The number of hydrogen-bond donors (Lipinski definition) is 2. The van der Waals surface area contributed by atoms with Gasteiger partial charge < -0.3 is 20.1 Å². The van der Waals surface area contributed by atoms with Gasteiger partial charge in [0.05, 0.1) is 0 Å². The number of nitrogens with one attached hydrogen (secondary N) is 2. The molecule has 3 amide bonds. The molecule has 1 aliphatic heterocycles. The third-order valence-electron chi connectivity index (χ3n) is 3.45. The van der Waals surface area contributed by atoms with Crippen molar-refractivity contribution in [3.63, 3.8) is 0 Å². The third kappa shape index (κ3) is 4.24. The lowest BCUT2D eigenvalue weighted by atomic mass is 9.97. The van der Waals surface area contributed by atoms with Crippen LogP contribution in [0, 0.1) is 5.41 Å². The van der Waals surface area contributed by atoms with Crippen LogP contribution in [-0.4, -0.2) is 59.4 Å². The maximum absolute atomic E-state index is 12.2. The number of aromatic nitrogens is 1. The maximum Gasteiger partial charge on any atom is 0.317 e. The van der Waals surface area contributed by atoms with Gasteiger partial charge in [-0.1, -0.05) is 20.8 Å². The van der Waals surface area contributed by atoms with Gasteiger partial charge in [0.25, 0.3) is 5.91 Å². The van der Waals surface area contributed by atoms with E-state index in [1.807, 2.05) is 6.07 Å². The lowest BCUT2D eigenvalue weighted by molar-refractivity contribution is 0.0659. The standard InChI is InChI=1S/C15H24N4O2/c1-15(2,3)11-17-14(21)19-9-7-18(8-10-19)13(20)12-5-4-6-16-12/h4-6,16H,7-11H2,1-3H3,(H,17,21). The summed E-state index contributed by atoms with van der Waals surface area (Å²) in [6.07, 6.45) is 1.74.